The number of aromatic amines is 1. The quantitative estimate of drug-likeness (QED) is 0.741. The van der Waals surface area contributed by atoms with Crippen LogP contribution in [0.5, 0.6) is 0 Å². The summed E-state index contributed by atoms with van der Waals surface area (Å²) >= 11 is 0. The van der Waals surface area contributed by atoms with Crippen LogP contribution in [-0.2, 0) is 18.3 Å². The highest BCUT2D eigenvalue weighted by Crippen LogP contribution is 2.13. The van der Waals surface area contributed by atoms with Gasteiger partial charge in [-0.1, -0.05) is 19.1 Å². The molecular weight excluding hydrogens is 325 g/mol. The number of amides is 1. The van der Waals surface area contributed by atoms with Crippen molar-refractivity contribution in [1.29, 1.82) is 0 Å². The fourth-order valence-electron chi connectivity index (χ4n) is 2.54. The Labute approximate surface area is 142 Å². The van der Waals surface area contributed by atoms with Crippen molar-refractivity contribution in [1.82, 2.24) is 19.7 Å². The van der Waals surface area contributed by atoms with Crippen LogP contribution in [0.1, 0.15) is 18.9 Å². The molecule has 3 rings (SSSR count). The minimum Gasteiger partial charge on any atom is -0.296 e. The molecule has 2 N–H and O–H groups in total. The lowest BCUT2D eigenvalue weighted by atomic mass is 10.0. The average molecular weight is 343 g/mol. The van der Waals surface area contributed by atoms with Gasteiger partial charge < -0.3 is 0 Å². The van der Waals surface area contributed by atoms with Crippen molar-refractivity contribution in [2.75, 3.05) is 5.32 Å². The lowest BCUT2D eigenvalue weighted by Crippen LogP contribution is -2.24. The highest BCUT2D eigenvalue weighted by Gasteiger charge is 2.16. The standard InChI is InChI=1S/C17H18FN5O2/c1-10(6-7-11-4-3-5-12(18)8-11)15(24)21-17-20-14-13(16(25)22-17)9-19-23(14)2/h3-5,8-10H,6-7H2,1-2H3,(H2,20,21,22,24,25)/t10-/m0/s1. The van der Waals surface area contributed by atoms with Gasteiger partial charge in [-0.05, 0) is 30.5 Å². The third-order valence-electron chi connectivity index (χ3n) is 4.05. The van der Waals surface area contributed by atoms with E-state index >= 15 is 0 Å². The van der Waals surface area contributed by atoms with E-state index in [1.807, 2.05) is 6.07 Å². The minimum atomic E-state index is -0.360. The molecule has 0 saturated carbocycles. The smallest absolute Gasteiger partial charge is 0.263 e. The van der Waals surface area contributed by atoms with E-state index in [-0.39, 0.29) is 29.1 Å². The zero-order valence-electron chi connectivity index (χ0n) is 13.9. The topological polar surface area (TPSA) is 92.7 Å². The Bertz CT molecular complexity index is 979. The maximum Gasteiger partial charge on any atom is 0.263 e. The van der Waals surface area contributed by atoms with Gasteiger partial charge in [0, 0.05) is 13.0 Å². The summed E-state index contributed by atoms with van der Waals surface area (Å²) in [4.78, 5) is 31.0. The van der Waals surface area contributed by atoms with Gasteiger partial charge in [-0.2, -0.15) is 10.1 Å². The number of nitrogens with zero attached hydrogens (tertiary/aromatic N) is 3. The van der Waals surface area contributed by atoms with Crippen molar-refractivity contribution >= 4 is 22.9 Å². The number of aromatic nitrogens is 4. The summed E-state index contributed by atoms with van der Waals surface area (Å²) in [7, 11) is 1.67. The molecule has 0 radical (unpaired) electrons. The number of rotatable bonds is 5. The first kappa shape index (κ1) is 16.8. The van der Waals surface area contributed by atoms with Gasteiger partial charge in [0.2, 0.25) is 11.9 Å². The number of carbonyl (C=O) groups is 1. The molecule has 1 aromatic carbocycles. The molecule has 0 spiro atoms. The second-order valence-corrected chi connectivity index (χ2v) is 5.98. The molecule has 0 aliphatic heterocycles. The molecular formula is C17H18FN5O2. The second-order valence-electron chi connectivity index (χ2n) is 5.98. The van der Waals surface area contributed by atoms with E-state index in [4.69, 9.17) is 0 Å². The van der Waals surface area contributed by atoms with Crippen molar-refractivity contribution < 1.29 is 9.18 Å². The van der Waals surface area contributed by atoms with Crippen molar-refractivity contribution in [2.45, 2.75) is 19.8 Å². The Morgan fingerprint density at radius 3 is 3.00 bits per heavy atom. The monoisotopic (exact) mass is 343 g/mol. The van der Waals surface area contributed by atoms with E-state index < -0.39 is 0 Å². The molecule has 0 aliphatic rings. The van der Waals surface area contributed by atoms with E-state index in [1.165, 1.54) is 23.0 Å². The zero-order chi connectivity index (χ0) is 18.0. The Morgan fingerprint density at radius 1 is 1.44 bits per heavy atom. The van der Waals surface area contributed by atoms with Crippen LogP contribution in [0.2, 0.25) is 0 Å². The third-order valence-corrected chi connectivity index (χ3v) is 4.05. The average Bonchev–Trinajstić information content (AvgIpc) is 2.94. The van der Waals surface area contributed by atoms with Gasteiger partial charge in [-0.3, -0.25) is 24.6 Å². The SMILES string of the molecule is C[C@@H](CCc1cccc(F)c1)C(=O)Nc1nc2c(cnn2C)c(=O)[nH]1. The van der Waals surface area contributed by atoms with Crippen molar-refractivity contribution in [3.63, 3.8) is 0 Å². The summed E-state index contributed by atoms with van der Waals surface area (Å²) in [6, 6.07) is 6.31. The number of aryl methyl sites for hydroxylation is 2. The summed E-state index contributed by atoms with van der Waals surface area (Å²) in [5.41, 5.74) is 0.870. The molecule has 25 heavy (non-hydrogen) atoms. The largest absolute Gasteiger partial charge is 0.296 e. The van der Waals surface area contributed by atoms with Crippen molar-refractivity contribution in [2.24, 2.45) is 13.0 Å². The van der Waals surface area contributed by atoms with E-state index in [9.17, 15) is 14.0 Å². The molecule has 1 atom stereocenters. The van der Waals surface area contributed by atoms with E-state index in [0.717, 1.165) is 5.56 Å². The molecule has 2 heterocycles. The van der Waals surface area contributed by atoms with E-state index in [0.29, 0.717) is 23.9 Å². The summed E-state index contributed by atoms with van der Waals surface area (Å²) < 4.78 is 14.6. The fraction of sp³-hybridized carbons (Fsp3) is 0.294. The number of benzene rings is 1. The maximum absolute atomic E-state index is 13.2. The van der Waals surface area contributed by atoms with Gasteiger partial charge in [0.05, 0.1) is 6.20 Å². The van der Waals surface area contributed by atoms with Gasteiger partial charge in [0.1, 0.15) is 11.2 Å². The molecule has 0 fully saturated rings. The summed E-state index contributed by atoms with van der Waals surface area (Å²) in [6.45, 7) is 1.77. The number of halogens is 1. The normalized spacial score (nSPS) is 12.3. The highest BCUT2D eigenvalue weighted by molar-refractivity contribution is 5.91. The van der Waals surface area contributed by atoms with Crippen LogP contribution < -0.4 is 10.9 Å². The Kier molecular flexibility index (Phi) is 4.60. The van der Waals surface area contributed by atoms with Crippen LogP contribution in [0.3, 0.4) is 0 Å². The van der Waals surface area contributed by atoms with Crippen LogP contribution in [-0.4, -0.2) is 25.7 Å². The number of anilines is 1. The number of carbonyl (C=O) groups excluding carboxylic acids is 1. The van der Waals surface area contributed by atoms with Crippen LogP contribution in [0.25, 0.3) is 11.0 Å². The second kappa shape index (κ2) is 6.84. The highest BCUT2D eigenvalue weighted by atomic mass is 19.1. The first-order valence-electron chi connectivity index (χ1n) is 7.91. The molecule has 3 aromatic rings. The number of fused-ring (bicyclic) bond motifs is 1. The van der Waals surface area contributed by atoms with E-state index in [1.54, 1.807) is 20.0 Å². The summed E-state index contributed by atoms with van der Waals surface area (Å²) in [5.74, 6) is -0.790. The molecule has 0 bridgehead atoms. The molecule has 0 saturated heterocycles. The number of H-pyrrole nitrogens is 1. The third kappa shape index (κ3) is 3.73. The minimum absolute atomic E-state index is 0.0868. The molecule has 1 amide bonds. The van der Waals surface area contributed by atoms with Crippen LogP contribution in [0.15, 0.2) is 35.3 Å². The summed E-state index contributed by atoms with van der Waals surface area (Å²) in [5, 5.41) is 6.95. The zero-order valence-corrected chi connectivity index (χ0v) is 13.9. The first-order valence-corrected chi connectivity index (χ1v) is 7.91. The maximum atomic E-state index is 13.2. The Hall–Kier alpha value is -3.03. The lowest BCUT2D eigenvalue weighted by Gasteiger charge is -2.11. The Balaban J connectivity index is 1.67. The van der Waals surface area contributed by atoms with Crippen LogP contribution >= 0.6 is 0 Å². The van der Waals surface area contributed by atoms with Gasteiger partial charge in [-0.15, -0.1) is 0 Å². The molecule has 2 aromatic heterocycles. The number of nitrogens with one attached hydrogen (secondary N) is 2. The number of hydrogen-bond acceptors (Lipinski definition) is 4. The van der Waals surface area contributed by atoms with Gasteiger partial charge in [0.25, 0.3) is 5.56 Å². The predicted molar refractivity (Wildman–Crippen MR) is 91.6 cm³/mol. The predicted octanol–water partition coefficient (Wildman–Crippen LogP) is 2.00. The first-order chi connectivity index (χ1) is 11.9. The van der Waals surface area contributed by atoms with Gasteiger partial charge >= 0.3 is 0 Å². The summed E-state index contributed by atoms with van der Waals surface area (Å²) in [6.07, 6.45) is 2.55. The van der Waals surface area contributed by atoms with E-state index in [2.05, 4.69) is 20.4 Å². The molecule has 7 nitrogen and oxygen atoms in total. The molecule has 0 aliphatic carbocycles. The number of hydrogen-bond donors (Lipinski definition) is 2. The lowest BCUT2D eigenvalue weighted by molar-refractivity contribution is -0.119. The molecule has 0 unspecified atom stereocenters. The fourth-order valence-corrected chi connectivity index (χ4v) is 2.54. The van der Waals surface area contributed by atoms with Crippen molar-refractivity contribution in [3.05, 3.63) is 52.2 Å². The Morgan fingerprint density at radius 2 is 2.24 bits per heavy atom. The van der Waals surface area contributed by atoms with Gasteiger partial charge in [-0.25, -0.2) is 4.39 Å². The molecule has 130 valence electrons. The van der Waals surface area contributed by atoms with Crippen LogP contribution in [0.4, 0.5) is 10.3 Å². The van der Waals surface area contributed by atoms with Crippen LogP contribution in [0, 0.1) is 11.7 Å². The molecule has 8 heteroatoms. The van der Waals surface area contributed by atoms with Gasteiger partial charge in [0.15, 0.2) is 5.65 Å². The van der Waals surface area contributed by atoms with Crippen molar-refractivity contribution in [3.8, 4) is 0 Å².